The molecular formula is C14H18N2O4. The van der Waals surface area contributed by atoms with Crippen LogP contribution in [0, 0.1) is 23.0 Å². The van der Waals surface area contributed by atoms with Crippen LogP contribution in [0.2, 0.25) is 0 Å². The monoisotopic (exact) mass is 278 g/mol. The summed E-state index contributed by atoms with van der Waals surface area (Å²) in [5.41, 5.74) is 0.907. The number of hydrogen-bond acceptors (Lipinski definition) is 4. The summed E-state index contributed by atoms with van der Waals surface area (Å²) in [6.07, 6.45) is 0.864. The number of aliphatic hydroxyl groups is 1. The highest BCUT2D eigenvalue weighted by atomic mass is 16.6. The minimum absolute atomic E-state index is 0.00930. The maximum absolute atomic E-state index is 12.4. The molecule has 0 spiro atoms. The zero-order valence-electron chi connectivity index (χ0n) is 11.6. The number of aryl methyl sites for hydroxylation is 1. The summed E-state index contributed by atoms with van der Waals surface area (Å²) < 4.78 is 0. The van der Waals surface area contributed by atoms with Gasteiger partial charge >= 0.3 is 0 Å². The molecular weight excluding hydrogens is 260 g/mol. The molecule has 1 heterocycles. The minimum Gasteiger partial charge on any atom is -0.394 e. The number of nitro benzene ring substituents is 1. The van der Waals surface area contributed by atoms with Crippen molar-refractivity contribution in [3.8, 4) is 0 Å². The van der Waals surface area contributed by atoms with Crippen LogP contribution in [0.1, 0.15) is 29.3 Å². The van der Waals surface area contributed by atoms with E-state index < -0.39 is 4.92 Å². The van der Waals surface area contributed by atoms with Gasteiger partial charge in [-0.2, -0.15) is 0 Å². The molecule has 0 saturated carbocycles. The molecule has 1 aromatic carbocycles. The number of carbonyl (C=O) groups is 1. The molecule has 0 aliphatic carbocycles. The van der Waals surface area contributed by atoms with E-state index in [-0.39, 0.29) is 30.2 Å². The van der Waals surface area contributed by atoms with Crippen molar-refractivity contribution in [2.24, 2.45) is 5.92 Å². The first-order valence-electron chi connectivity index (χ1n) is 6.62. The van der Waals surface area contributed by atoms with E-state index >= 15 is 0 Å². The zero-order valence-corrected chi connectivity index (χ0v) is 11.6. The van der Waals surface area contributed by atoms with Crippen molar-refractivity contribution in [2.45, 2.75) is 26.3 Å². The molecule has 2 unspecified atom stereocenters. The Labute approximate surface area is 117 Å². The van der Waals surface area contributed by atoms with Crippen LogP contribution in [0.15, 0.2) is 18.2 Å². The molecule has 20 heavy (non-hydrogen) atoms. The van der Waals surface area contributed by atoms with Crippen molar-refractivity contribution in [3.05, 3.63) is 39.4 Å². The Balaban J connectivity index is 2.26. The second-order valence-electron chi connectivity index (χ2n) is 5.27. The van der Waals surface area contributed by atoms with Crippen LogP contribution in [0.5, 0.6) is 0 Å². The second kappa shape index (κ2) is 5.58. The number of rotatable bonds is 3. The van der Waals surface area contributed by atoms with Crippen molar-refractivity contribution in [3.63, 3.8) is 0 Å². The maximum atomic E-state index is 12.4. The molecule has 6 nitrogen and oxygen atoms in total. The number of nitrogens with zero attached hydrogens (tertiary/aromatic N) is 2. The summed E-state index contributed by atoms with van der Waals surface area (Å²) in [4.78, 5) is 24.4. The SMILES string of the molecule is Cc1cc(C(=O)N2CCC(C)C2CO)ccc1[N+](=O)[O-]. The molecule has 1 amide bonds. The quantitative estimate of drug-likeness (QED) is 0.674. The van der Waals surface area contributed by atoms with Crippen molar-refractivity contribution in [1.29, 1.82) is 0 Å². The van der Waals surface area contributed by atoms with Crippen molar-refractivity contribution in [1.82, 2.24) is 4.90 Å². The van der Waals surface area contributed by atoms with Gasteiger partial charge in [-0.05, 0) is 31.4 Å². The summed E-state index contributed by atoms with van der Waals surface area (Å²) >= 11 is 0. The Kier molecular flexibility index (Phi) is 4.04. The molecule has 2 rings (SSSR count). The Morgan fingerprint density at radius 3 is 2.80 bits per heavy atom. The highest BCUT2D eigenvalue weighted by Crippen LogP contribution is 2.26. The smallest absolute Gasteiger partial charge is 0.272 e. The van der Waals surface area contributed by atoms with Gasteiger partial charge in [0.05, 0.1) is 17.6 Å². The van der Waals surface area contributed by atoms with Crippen LogP contribution in [0.25, 0.3) is 0 Å². The Hall–Kier alpha value is -1.95. The fraction of sp³-hybridized carbons (Fsp3) is 0.500. The lowest BCUT2D eigenvalue weighted by Crippen LogP contribution is -2.39. The summed E-state index contributed by atoms with van der Waals surface area (Å²) in [6.45, 7) is 4.18. The maximum Gasteiger partial charge on any atom is 0.272 e. The molecule has 1 saturated heterocycles. The molecule has 6 heteroatoms. The van der Waals surface area contributed by atoms with Crippen LogP contribution >= 0.6 is 0 Å². The molecule has 0 bridgehead atoms. The lowest BCUT2D eigenvalue weighted by atomic mass is 10.0. The fourth-order valence-electron chi connectivity index (χ4n) is 2.70. The van der Waals surface area contributed by atoms with E-state index in [2.05, 4.69) is 0 Å². The van der Waals surface area contributed by atoms with Crippen molar-refractivity contribution in [2.75, 3.05) is 13.2 Å². The van der Waals surface area contributed by atoms with Gasteiger partial charge in [-0.15, -0.1) is 0 Å². The van der Waals surface area contributed by atoms with Gasteiger partial charge in [0.1, 0.15) is 0 Å². The van der Waals surface area contributed by atoms with Gasteiger partial charge in [0.2, 0.25) is 0 Å². The van der Waals surface area contributed by atoms with E-state index in [9.17, 15) is 20.0 Å². The largest absolute Gasteiger partial charge is 0.394 e. The van der Waals surface area contributed by atoms with E-state index in [0.717, 1.165) is 6.42 Å². The first-order valence-corrected chi connectivity index (χ1v) is 6.62. The van der Waals surface area contributed by atoms with Gasteiger partial charge in [0.25, 0.3) is 11.6 Å². The van der Waals surface area contributed by atoms with E-state index in [1.54, 1.807) is 11.8 Å². The topological polar surface area (TPSA) is 83.7 Å². The molecule has 1 N–H and O–H groups in total. The van der Waals surface area contributed by atoms with Gasteiger partial charge in [-0.3, -0.25) is 14.9 Å². The molecule has 1 aliphatic heterocycles. The average molecular weight is 278 g/mol. The number of carbonyl (C=O) groups excluding carboxylic acids is 1. The van der Waals surface area contributed by atoms with E-state index in [4.69, 9.17) is 0 Å². The molecule has 2 atom stereocenters. The van der Waals surface area contributed by atoms with Crippen LogP contribution in [-0.4, -0.2) is 40.0 Å². The third kappa shape index (κ3) is 2.51. The van der Waals surface area contributed by atoms with Gasteiger partial charge < -0.3 is 10.0 Å². The second-order valence-corrected chi connectivity index (χ2v) is 5.27. The fourth-order valence-corrected chi connectivity index (χ4v) is 2.70. The standard InChI is InChI=1S/C14H18N2O4/c1-9-5-6-15(13(9)8-17)14(18)11-3-4-12(16(19)20)10(2)7-11/h3-4,7,9,13,17H,5-6,8H2,1-2H3. The first-order chi connectivity index (χ1) is 9.45. The van der Waals surface area contributed by atoms with E-state index in [1.807, 2.05) is 6.92 Å². The minimum atomic E-state index is -0.460. The average Bonchev–Trinajstić information content (AvgIpc) is 2.78. The number of nitro groups is 1. The molecule has 0 radical (unpaired) electrons. The number of amides is 1. The zero-order chi connectivity index (χ0) is 14.9. The molecule has 1 aliphatic rings. The molecule has 0 aromatic heterocycles. The molecule has 1 aromatic rings. The van der Waals surface area contributed by atoms with Gasteiger partial charge in [-0.25, -0.2) is 0 Å². The number of benzene rings is 1. The Bertz CT molecular complexity index is 544. The predicted molar refractivity (Wildman–Crippen MR) is 73.5 cm³/mol. The number of aliphatic hydroxyl groups excluding tert-OH is 1. The highest BCUT2D eigenvalue weighted by molar-refractivity contribution is 5.95. The van der Waals surface area contributed by atoms with Crippen LogP contribution < -0.4 is 0 Å². The normalized spacial score (nSPS) is 22.1. The Morgan fingerprint density at radius 1 is 1.55 bits per heavy atom. The van der Waals surface area contributed by atoms with Crippen LogP contribution in [0.4, 0.5) is 5.69 Å². The summed E-state index contributed by atoms with van der Waals surface area (Å²) in [6, 6.07) is 4.21. The summed E-state index contributed by atoms with van der Waals surface area (Å²) in [5, 5.41) is 20.2. The summed E-state index contributed by atoms with van der Waals surface area (Å²) in [7, 11) is 0. The van der Waals surface area contributed by atoms with Crippen molar-refractivity contribution >= 4 is 11.6 Å². The van der Waals surface area contributed by atoms with Gasteiger partial charge in [-0.1, -0.05) is 6.92 Å². The first kappa shape index (κ1) is 14.5. The van der Waals surface area contributed by atoms with Gasteiger partial charge in [0, 0.05) is 23.7 Å². The predicted octanol–water partition coefficient (Wildman–Crippen LogP) is 1.75. The molecule has 1 fully saturated rings. The van der Waals surface area contributed by atoms with E-state index in [0.29, 0.717) is 17.7 Å². The van der Waals surface area contributed by atoms with Crippen molar-refractivity contribution < 1.29 is 14.8 Å². The van der Waals surface area contributed by atoms with E-state index in [1.165, 1.54) is 18.2 Å². The molecule has 108 valence electrons. The van der Waals surface area contributed by atoms with Crippen LogP contribution in [0.3, 0.4) is 0 Å². The highest BCUT2D eigenvalue weighted by Gasteiger charge is 2.34. The lowest BCUT2D eigenvalue weighted by molar-refractivity contribution is -0.385. The lowest BCUT2D eigenvalue weighted by Gasteiger charge is -2.25. The van der Waals surface area contributed by atoms with Gasteiger partial charge in [0.15, 0.2) is 0 Å². The number of hydrogen-bond donors (Lipinski definition) is 1. The summed E-state index contributed by atoms with van der Waals surface area (Å²) in [5.74, 6) is 0.0921. The number of likely N-dealkylation sites (tertiary alicyclic amines) is 1. The third-order valence-corrected chi connectivity index (χ3v) is 3.97. The van der Waals surface area contributed by atoms with Crippen LogP contribution in [-0.2, 0) is 0 Å². The third-order valence-electron chi connectivity index (χ3n) is 3.97. The Morgan fingerprint density at radius 2 is 2.25 bits per heavy atom.